The van der Waals surface area contributed by atoms with Crippen molar-refractivity contribution in [3.8, 4) is 0 Å². The van der Waals surface area contributed by atoms with Crippen molar-refractivity contribution in [1.29, 1.82) is 0 Å². The number of carbonyl (C=O) groups excluding carboxylic acids is 2. The predicted octanol–water partition coefficient (Wildman–Crippen LogP) is 4.73. The summed E-state index contributed by atoms with van der Waals surface area (Å²) in [4.78, 5) is 27.7. The molecule has 0 radical (unpaired) electrons. The van der Waals surface area contributed by atoms with E-state index in [9.17, 15) is 9.59 Å². The van der Waals surface area contributed by atoms with Crippen molar-refractivity contribution in [2.75, 3.05) is 16.8 Å². The van der Waals surface area contributed by atoms with Crippen LogP contribution in [0.15, 0.2) is 42.5 Å². The third-order valence-corrected chi connectivity index (χ3v) is 5.31. The van der Waals surface area contributed by atoms with Crippen molar-refractivity contribution in [1.82, 2.24) is 0 Å². The molecule has 136 valence electrons. The molecule has 2 aromatic carbocycles. The van der Waals surface area contributed by atoms with Crippen LogP contribution in [0.5, 0.6) is 0 Å². The first-order valence-corrected chi connectivity index (χ1v) is 9.21. The highest BCUT2D eigenvalue weighted by Gasteiger charge is 2.58. The van der Waals surface area contributed by atoms with E-state index in [0.717, 1.165) is 16.8 Å². The summed E-state index contributed by atoms with van der Waals surface area (Å²) in [7, 11) is 0. The monoisotopic (exact) mass is 370 g/mol. The molecule has 0 atom stereocenters. The topological polar surface area (TPSA) is 49.4 Å². The van der Waals surface area contributed by atoms with Crippen LogP contribution in [0.2, 0.25) is 5.02 Å². The van der Waals surface area contributed by atoms with Gasteiger partial charge in [-0.15, -0.1) is 0 Å². The first kappa shape index (κ1) is 18.5. The number of nitrogens with one attached hydrogen (secondary N) is 1. The van der Waals surface area contributed by atoms with Gasteiger partial charge in [-0.05, 0) is 69.0 Å². The highest BCUT2D eigenvalue weighted by molar-refractivity contribution is 6.31. The number of benzene rings is 2. The maximum atomic E-state index is 13.2. The largest absolute Gasteiger partial charge is 0.325 e. The summed E-state index contributed by atoms with van der Waals surface area (Å²) in [6.07, 6.45) is 1.14. The van der Waals surface area contributed by atoms with Crippen LogP contribution in [0, 0.1) is 19.3 Å². The molecule has 1 saturated carbocycles. The number of hydrogen-bond acceptors (Lipinski definition) is 2. The van der Waals surface area contributed by atoms with Gasteiger partial charge in [0, 0.05) is 22.9 Å². The van der Waals surface area contributed by atoms with Crippen molar-refractivity contribution >= 4 is 34.8 Å². The molecule has 0 aromatic heterocycles. The first-order valence-electron chi connectivity index (χ1n) is 8.83. The number of rotatable bonds is 5. The average molecular weight is 371 g/mol. The molecule has 1 aliphatic rings. The quantitative estimate of drug-likeness (QED) is 0.773. The van der Waals surface area contributed by atoms with Crippen LogP contribution in [0.25, 0.3) is 0 Å². The maximum Gasteiger partial charge on any atom is 0.242 e. The van der Waals surface area contributed by atoms with Crippen molar-refractivity contribution in [3.05, 3.63) is 58.6 Å². The Morgan fingerprint density at radius 2 is 1.88 bits per heavy atom. The van der Waals surface area contributed by atoms with Crippen molar-refractivity contribution in [2.45, 2.75) is 33.6 Å². The Kier molecular flexibility index (Phi) is 5.05. The third-order valence-electron chi connectivity index (χ3n) is 4.90. The zero-order valence-corrected chi connectivity index (χ0v) is 16.1. The molecule has 0 heterocycles. The lowest BCUT2D eigenvalue weighted by atomic mass is 10.0. The summed E-state index contributed by atoms with van der Waals surface area (Å²) in [5.74, 6) is -0.394. The normalized spacial score (nSPS) is 14.6. The Hall–Kier alpha value is -2.33. The summed E-state index contributed by atoms with van der Waals surface area (Å²) in [6.45, 7) is 6.34. The minimum Gasteiger partial charge on any atom is -0.325 e. The summed E-state index contributed by atoms with van der Waals surface area (Å²) >= 11 is 6.13. The second-order valence-electron chi connectivity index (χ2n) is 6.89. The van der Waals surface area contributed by atoms with E-state index in [1.807, 2.05) is 51.1 Å². The first-order chi connectivity index (χ1) is 12.4. The molecule has 2 aromatic rings. The smallest absolute Gasteiger partial charge is 0.242 e. The lowest BCUT2D eigenvalue weighted by Crippen LogP contribution is -2.43. The molecular formula is C21H23ClN2O2. The van der Waals surface area contributed by atoms with E-state index >= 15 is 0 Å². The van der Waals surface area contributed by atoms with Gasteiger partial charge in [-0.25, -0.2) is 0 Å². The van der Waals surface area contributed by atoms with Gasteiger partial charge in [0.2, 0.25) is 11.8 Å². The Morgan fingerprint density at radius 1 is 1.15 bits per heavy atom. The molecule has 3 rings (SSSR count). The number of halogens is 1. The summed E-state index contributed by atoms with van der Waals surface area (Å²) in [6, 6.07) is 13.2. The SMILES string of the molecule is CCN(C(=O)C1(C(=O)Nc2ccc(C)c(Cl)c2)CC1)c1cccc(C)c1. The van der Waals surface area contributed by atoms with Gasteiger partial charge < -0.3 is 10.2 Å². The van der Waals surface area contributed by atoms with Gasteiger partial charge in [0.05, 0.1) is 0 Å². The third kappa shape index (κ3) is 3.47. The summed E-state index contributed by atoms with van der Waals surface area (Å²) in [5.41, 5.74) is 2.49. The Morgan fingerprint density at radius 3 is 2.46 bits per heavy atom. The standard InChI is InChI=1S/C21H23ClN2O2/c1-4-24(17-7-5-6-14(2)12-17)20(26)21(10-11-21)19(25)23-16-9-8-15(3)18(22)13-16/h5-9,12-13H,4,10-11H2,1-3H3,(H,23,25). The zero-order valence-electron chi connectivity index (χ0n) is 15.3. The number of carbonyl (C=O) groups is 2. The molecule has 1 fully saturated rings. The second-order valence-corrected chi connectivity index (χ2v) is 7.30. The fraction of sp³-hybridized carbons (Fsp3) is 0.333. The molecule has 26 heavy (non-hydrogen) atoms. The van der Waals surface area contributed by atoms with Crippen molar-refractivity contribution < 1.29 is 9.59 Å². The van der Waals surface area contributed by atoms with Crippen LogP contribution in [-0.4, -0.2) is 18.4 Å². The van der Waals surface area contributed by atoms with E-state index in [1.54, 1.807) is 17.0 Å². The fourth-order valence-corrected chi connectivity index (χ4v) is 3.26. The number of nitrogens with zero attached hydrogens (tertiary/aromatic N) is 1. The molecule has 0 aliphatic heterocycles. The minimum atomic E-state index is -0.975. The Balaban J connectivity index is 1.81. The van der Waals surface area contributed by atoms with Gasteiger partial charge >= 0.3 is 0 Å². The lowest BCUT2D eigenvalue weighted by Gasteiger charge is -2.26. The molecule has 4 nitrogen and oxygen atoms in total. The second kappa shape index (κ2) is 7.12. The van der Waals surface area contributed by atoms with E-state index in [1.165, 1.54) is 0 Å². The van der Waals surface area contributed by atoms with Gasteiger partial charge in [-0.1, -0.05) is 29.8 Å². The molecule has 2 amide bonds. The van der Waals surface area contributed by atoms with E-state index in [2.05, 4.69) is 5.32 Å². The molecule has 0 saturated heterocycles. The highest BCUT2D eigenvalue weighted by Crippen LogP contribution is 2.48. The molecule has 0 bridgehead atoms. The predicted molar refractivity (Wildman–Crippen MR) is 106 cm³/mol. The average Bonchev–Trinajstić information content (AvgIpc) is 3.41. The molecule has 1 aliphatic carbocycles. The van der Waals surface area contributed by atoms with Crippen LogP contribution in [0.4, 0.5) is 11.4 Å². The number of amides is 2. The van der Waals surface area contributed by atoms with Crippen LogP contribution < -0.4 is 10.2 Å². The van der Waals surface area contributed by atoms with Crippen LogP contribution in [0.1, 0.15) is 30.9 Å². The highest BCUT2D eigenvalue weighted by atomic mass is 35.5. The van der Waals surface area contributed by atoms with E-state index < -0.39 is 5.41 Å². The van der Waals surface area contributed by atoms with Gasteiger partial charge in [-0.2, -0.15) is 0 Å². The van der Waals surface area contributed by atoms with Crippen molar-refractivity contribution in [3.63, 3.8) is 0 Å². The van der Waals surface area contributed by atoms with E-state index in [0.29, 0.717) is 30.1 Å². The van der Waals surface area contributed by atoms with Crippen LogP contribution in [0.3, 0.4) is 0 Å². The molecular weight excluding hydrogens is 348 g/mol. The van der Waals surface area contributed by atoms with Gasteiger partial charge in [0.25, 0.3) is 0 Å². The molecule has 0 spiro atoms. The number of anilines is 2. The summed E-state index contributed by atoms with van der Waals surface area (Å²) in [5, 5.41) is 3.46. The van der Waals surface area contributed by atoms with E-state index in [4.69, 9.17) is 11.6 Å². The maximum absolute atomic E-state index is 13.2. The lowest BCUT2D eigenvalue weighted by molar-refractivity contribution is -0.132. The van der Waals surface area contributed by atoms with Gasteiger partial charge in [0.15, 0.2) is 0 Å². The van der Waals surface area contributed by atoms with Gasteiger partial charge in [-0.3, -0.25) is 9.59 Å². The molecule has 0 unspecified atom stereocenters. The Bertz CT molecular complexity index is 859. The van der Waals surface area contributed by atoms with Crippen molar-refractivity contribution in [2.24, 2.45) is 5.41 Å². The van der Waals surface area contributed by atoms with Gasteiger partial charge in [0.1, 0.15) is 5.41 Å². The molecule has 1 N–H and O–H groups in total. The number of hydrogen-bond donors (Lipinski definition) is 1. The van der Waals surface area contributed by atoms with Crippen LogP contribution in [-0.2, 0) is 9.59 Å². The fourth-order valence-electron chi connectivity index (χ4n) is 3.08. The number of aryl methyl sites for hydroxylation is 2. The summed E-state index contributed by atoms with van der Waals surface area (Å²) < 4.78 is 0. The molecule has 5 heteroatoms. The minimum absolute atomic E-state index is 0.138. The van der Waals surface area contributed by atoms with E-state index in [-0.39, 0.29) is 11.8 Å². The Labute approximate surface area is 159 Å². The zero-order chi connectivity index (χ0) is 18.9. The van der Waals surface area contributed by atoms with Crippen LogP contribution >= 0.6 is 11.6 Å².